The van der Waals surface area contributed by atoms with Crippen LogP contribution in [0.2, 0.25) is 0 Å². The molecule has 22 heavy (non-hydrogen) atoms. The SMILES string of the molecule is C[C@@H]1CN(C(=O)CCCc2nc(C3CC3)no2)C[C@@H]1N(C)C. The van der Waals surface area contributed by atoms with Gasteiger partial charge in [0.25, 0.3) is 0 Å². The molecule has 1 aromatic heterocycles. The van der Waals surface area contributed by atoms with Crippen LogP contribution in [-0.4, -0.2) is 59.1 Å². The zero-order chi connectivity index (χ0) is 15.7. The fourth-order valence-corrected chi connectivity index (χ4v) is 3.25. The fourth-order valence-electron chi connectivity index (χ4n) is 3.25. The number of aryl methyl sites for hydroxylation is 1. The van der Waals surface area contributed by atoms with E-state index < -0.39 is 0 Å². The van der Waals surface area contributed by atoms with E-state index in [2.05, 4.69) is 36.1 Å². The summed E-state index contributed by atoms with van der Waals surface area (Å²) in [5.74, 6) is 2.83. The minimum atomic E-state index is 0.248. The van der Waals surface area contributed by atoms with Crippen LogP contribution in [-0.2, 0) is 11.2 Å². The third kappa shape index (κ3) is 3.48. The van der Waals surface area contributed by atoms with Crippen LogP contribution >= 0.6 is 0 Å². The van der Waals surface area contributed by atoms with Crippen molar-refractivity contribution >= 4 is 5.91 Å². The van der Waals surface area contributed by atoms with Gasteiger partial charge in [0.15, 0.2) is 5.82 Å². The van der Waals surface area contributed by atoms with E-state index in [0.717, 1.165) is 25.3 Å². The number of likely N-dealkylation sites (tertiary alicyclic amines) is 1. The fraction of sp³-hybridized carbons (Fsp3) is 0.812. The summed E-state index contributed by atoms with van der Waals surface area (Å²) in [6, 6.07) is 0.473. The number of aromatic nitrogens is 2. The van der Waals surface area contributed by atoms with Crippen LogP contribution < -0.4 is 0 Å². The molecule has 1 saturated carbocycles. The Morgan fingerprint density at radius 2 is 2.14 bits per heavy atom. The molecule has 6 heteroatoms. The van der Waals surface area contributed by atoms with Crippen LogP contribution in [0, 0.1) is 5.92 Å². The van der Waals surface area contributed by atoms with Crippen LogP contribution in [0.5, 0.6) is 0 Å². The van der Waals surface area contributed by atoms with Crippen molar-refractivity contribution in [3.05, 3.63) is 11.7 Å². The molecule has 0 N–H and O–H groups in total. The Labute approximate surface area is 131 Å². The molecule has 6 nitrogen and oxygen atoms in total. The molecular weight excluding hydrogens is 280 g/mol. The Morgan fingerprint density at radius 3 is 2.77 bits per heavy atom. The number of likely N-dealkylation sites (N-methyl/N-ethyl adjacent to an activating group) is 1. The second-order valence-electron chi connectivity index (χ2n) is 6.98. The Balaban J connectivity index is 1.42. The van der Waals surface area contributed by atoms with Crippen LogP contribution in [0.25, 0.3) is 0 Å². The molecule has 0 aromatic carbocycles. The highest BCUT2D eigenvalue weighted by atomic mass is 16.5. The van der Waals surface area contributed by atoms with Crippen LogP contribution in [0.4, 0.5) is 0 Å². The van der Waals surface area contributed by atoms with E-state index in [9.17, 15) is 4.79 Å². The Kier molecular flexibility index (Phi) is 4.47. The summed E-state index contributed by atoms with van der Waals surface area (Å²) in [4.78, 5) is 20.9. The van der Waals surface area contributed by atoms with Crippen molar-refractivity contribution in [2.75, 3.05) is 27.2 Å². The summed E-state index contributed by atoms with van der Waals surface area (Å²) < 4.78 is 5.25. The molecular formula is C16H26N4O2. The highest BCUT2D eigenvalue weighted by Gasteiger charge is 2.33. The Hall–Kier alpha value is -1.43. The molecule has 1 aromatic rings. The quantitative estimate of drug-likeness (QED) is 0.800. The largest absolute Gasteiger partial charge is 0.341 e. The van der Waals surface area contributed by atoms with Gasteiger partial charge in [0.1, 0.15) is 0 Å². The number of carbonyl (C=O) groups is 1. The number of amides is 1. The molecule has 0 radical (unpaired) electrons. The predicted molar refractivity (Wildman–Crippen MR) is 82.4 cm³/mol. The van der Waals surface area contributed by atoms with E-state index in [1.807, 2.05) is 4.90 Å². The molecule has 1 saturated heterocycles. The van der Waals surface area contributed by atoms with Crippen molar-refractivity contribution in [3.63, 3.8) is 0 Å². The summed E-state index contributed by atoms with van der Waals surface area (Å²) in [5.41, 5.74) is 0. The van der Waals surface area contributed by atoms with Gasteiger partial charge < -0.3 is 14.3 Å². The number of hydrogen-bond acceptors (Lipinski definition) is 5. The van der Waals surface area contributed by atoms with Gasteiger partial charge in [-0.05, 0) is 39.3 Å². The van der Waals surface area contributed by atoms with Crippen LogP contribution in [0.1, 0.15) is 50.2 Å². The zero-order valence-electron chi connectivity index (χ0n) is 13.8. The topological polar surface area (TPSA) is 62.5 Å². The van der Waals surface area contributed by atoms with Gasteiger partial charge >= 0.3 is 0 Å². The monoisotopic (exact) mass is 306 g/mol. The summed E-state index contributed by atoms with van der Waals surface area (Å²) in [5, 5.41) is 4.01. The molecule has 2 aliphatic rings. The lowest BCUT2D eigenvalue weighted by atomic mass is 10.1. The van der Waals surface area contributed by atoms with Crippen molar-refractivity contribution in [3.8, 4) is 0 Å². The number of carbonyl (C=O) groups excluding carboxylic acids is 1. The molecule has 2 atom stereocenters. The van der Waals surface area contributed by atoms with E-state index in [1.165, 1.54) is 12.8 Å². The summed E-state index contributed by atoms with van der Waals surface area (Å²) in [6.45, 7) is 3.93. The molecule has 122 valence electrons. The van der Waals surface area contributed by atoms with Crippen LogP contribution in [0.3, 0.4) is 0 Å². The van der Waals surface area contributed by atoms with Crippen molar-refractivity contribution in [2.24, 2.45) is 5.92 Å². The zero-order valence-corrected chi connectivity index (χ0v) is 13.8. The lowest BCUT2D eigenvalue weighted by Crippen LogP contribution is -2.35. The second kappa shape index (κ2) is 6.36. The minimum absolute atomic E-state index is 0.248. The molecule has 1 aliphatic heterocycles. The van der Waals surface area contributed by atoms with E-state index in [0.29, 0.717) is 36.6 Å². The summed E-state index contributed by atoms with van der Waals surface area (Å²) >= 11 is 0. The van der Waals surface area contributed by atoms with Crippen LogP contribution in [0.15, 0.2) is 4.52 Å². The Morgan fingerprint density at radius 1 is 1.36 bits per heavy atom. The molecule has 2 heterocycles. The van der Waals surface area contributed by atoms with Gasteiger partial charge in [0.05, 0.1) is 0 Å². The van der Waals surface area contributed by atoms with Crippen molar-refractivity contribution < 1.29 is 9.32 Å². The average Bonchev–Trinajstić information content (AvgIpc) is 3.08. The molecule has 0 bridgehead atoms. The maximum absolute atomic E-state index is 12.3. The van der Waals surface area contributed by atoms with Gasteiger partial charge in [-0.2, -0.15) is 4.98 Å². The van der Waals surface area contributed by atoms with Crippen molar-refractivity contribution in [1.29, 1.82) is 0 Å². The third-order valence-electron chi connectivity index (χ3n) is 4.80. The first-order chi connectivity index (χ1) is 10.5. The normalized spacial score (nSPS) is 25.2. The summed E-state index contributed by atoms with van der Waals surface area (Å²) in [6.07, 6.45) is 4.40. The maximum Gasteiger partial charge on any atom is 0.226 e. The van der Waals surface area contributed by atoms with Crippen molar-refractivity contribution in [2.45, 2.75) is 51.0 Å². The first kappa shape index (κ1) is 15.5. The van der Waals surface area contributed by atoms with Gasteiger partial charge in [-0.3, -0.25) is 4.79 Å². The van der Waals surface area contributed by atoms with Gasteiger partial charge in [0.2, 0.25) is 11.8 Å². The molecule has 1 amide bonds. The Bertz CT molecular complexity index is 524. The minimum Gasteiger partial charge on any atom is -0.341 e. The number of rotatable bonds is 6. The predicted octanol–water partition coefficient (Wildman–Crippen LogP) is 1.68. The molecule has 1 aliphatic carbocycles. The standard InChI is InChI=1S/C16H26N4O2/c1-11-9-20(10-13(11)19(2)3)15(21)6-4-5-14-17-16(18-22-14)12-7-8-12/h11-13H,4-10H2,1-3H3/t11-,13+/m1/s1. The maximum atomic E-state index is 12.3. The lowest BCUT2D eigenvalue weighted by Gasteiger charge is -2.22. The first-order valence-corrected chi connectivity index (χ1v) is 8.31. The molecule has 2 fully saturated rings. The highest BCUT2D eigenvalue weighted by molar-refractivity contribution is 5.76. The van der Waals surface area contributed by atoms with E-state index in [4.69, 9.17) is 4.52 Å². The lowest BCUT2D eigenvalue weighted by molar-refractivity contribution is -0.130. The van der Waals surface area contributed by atoms with Gasteiger partial charge in [-0.1, -0.05) is 12.1 Å². The van der Waals surface area contributed by atoms with Crippen molar-refractivity contribution in [1.82, 2.24) is 19.9 Å². The number of nitrogens with zero attached hydrogens (tertiary/aromatic N) is 4. The van der Waals surface area contributed by atoms with E-state index in [-0.39, 0.29) is 5.91 Å². The molecule has 3 rings (SSSR count). The smallest absolute Gasteiger partial charge is 0.226 e. The first-order valence-electron chi connectivity index (χ1n) is 8.31. The molecule has 0 unspecified atom stereocenters. The number of hydrogen-bond donors (Lipinski definition) is 0. The van der Waals surface area contributed by atoms with Gasteiger partial charge in [-0.15, -0.1) is 0 Å². The third-order valence-corrected chi connectivity index (χ3v) is 4.80. The average molecular weight is 306 g/mol. The van der Waals surface area contributed by atoms with Gasteiger partial charge in [0, 0.05) is 37.9 Å². The van der Waals surface area contributed by atoms with E-state index >= 15 is 0 Å². The molecule has 0 spiro atoms. The highest BCUT2D eigenvalue weighted by Crippen LogP contribution is 2.38. The van der Waals surface area contributed by atoms with E-state index in [1.54, 1.807) is 0 Å². The van der Waals surface area contributed by atoms with Gasteiger partial charge in [-0.25, -0.2) is 0 Å². The second-order valence-corrected chi connectivity index (χ2v) is 6.98. The summed E-state index contributed by atoms with van der Waals surface area (Å²) in [7, 11) is 4.17.